The lowest BCUT2D eigenvalue weighted by Crippen LogP contribution is -2.43. The van der Waals surface area contributed by atoms with Crippen molar-refractivity contribution >= 4 is 34.6 Å². The molecule has 3 amide bonds. The van der Waals surface area contributed by atoms with Gasteiger partial charge in [0.05, 0.1) is 11.4 Å². The second-order valence-electron chi connectivity index (χ2n) is 9.52. The van der Waals surface area contributed by atoms with E-state index in [1.54, 1.807) is 27.9 Å². The number of nitrogens with two attached hydrogens (primary N) is 1. The normalized spacial score (nSPS) is 10.8. The van der Waals surface area contributed by atoms with Crippen LogP contribution in [0, 0.1) is 0 Å². The summed E-state index contributed by atoms with van der Waals surface area (Å²) in [5, 5.41) is 9.37. The van der Waals surface area contributed by atoms with Gasteiger partial charge in [-0.2, -0.15) is 0 Å². The van der Waals surface area contributed by atoms with E-state index in [4.69, 9.17) is 5.73 Å². The van der Waals surface area contributed by atoms with E-state index in [2.05, 4.69) is 52.0 Å². The fourth-order valence-electron chi connectivity index (χ4n) is 3.96. The Labute approximate surface area is 233 Å². The quantitative estimate of drug-likeness (QED) is 0.249. The molecule has 9 heteroatoms. The average molecular weight is 543 g/mol. The Morgan fingerprint density at radius 1 is 0.897 bits per heavy atom. The van der Waals surface area contributed by atoms with Gasteiger partial charge in [0.1, 0.15) is 5.69 Å². The number of nitrogen functional groups attached to an aromatic ring is 1. The molecule has 0 fully saturated rings. The number of carbonyl (C=O) groups excluding carboxylic acids is 2. The maximum atomic E-state index is 13.1. The monoisotopic (exact) mass is 542 g/mol. The number of nitrogens with zero attached hydrogens (tertiary/aromatic N) is 3. The third-order valence-electron chi connectivity index (χ3n) is 6.23. The summed E-state index contributed by atoms with van der Waals surface area (Å²) in [6.45, 7) is 2.21. The van der Waals surface area contributed by atoms with E-state index in [9.17, 15) is 9.59 Å². The number of hydrogen-bond acceptors (Lipinski definition) is 6. The van der Waals surface area contributed by atoms with Crippen molar-refractivity contribution in [3.05, 3.63) is 101 Å². The lowest BCUT2D eigenvalue weighted by atomic mass is 10.0. The number of rotatable bonds is 11. The molecular formula is C30H34N6O2S. The van der Waals surface area contributed by atoms with Crippen LogP contribution in [0.4, 0.5) is 16.2 Å². The second-order valence-corrected chi connectivity index (χ2v) is 10.3. The molecule has 4 rings (SSSR count). The Balaban J connectivity index is 1.31. The molecule has 4 N–H and O–H groups in total. The molecule has 0 atom stereocenters. The molecule has 0 saturated heterocycles. The lowest BCUT2D eigenvalue weighted by Gasteiger charge is -2.25. The van der Waals surface area contributed by atoms with Crippen LogP contribution >= 0.6 is 11.3 Å². The van der Waals surface area contributed by atoms with Crippen molar-refractivity contribution in [3.8, 4) is 11.1 Å². The zero-order valence-electron chi connectivity index (χ0n) is 22.3. The van der Waals surface area contributed by atoms with Crippen LogP contribution in [0.1, 0.15) is 21.6 Å². The molecule has 2 heterocycles. The van der Waals surface area contributed by atoms with Gasteiger partial charge in [-0.25, -0.2) is 4.79 Å². The highest BCUT2D eigenvalue weighted by molar-refractivity contribution is 7.09. The SMILES string of the molecule is CN(C)CCN(Cc1ccc(C(=O)Nc2cscc2N)nc1)C(=O)NCCc1ccc(-c2ccccc2)cc1. The van der Waals surface area contributed by atoms with Gasteiger partial charge in [0, 0.05) is 43.1 Å². The molecular weight excluding hydrogens is 508 g/mol. The number of hydrogen-bond donors (Lipinski definition) is 3. The summed E-state index contributed by atoms with van der Waals surface area (Å²) in [5.74, 6) is -0.328. The Kier molecular flexibility index (Phi) is 9.66. The Hall–Kier alpha value is -4.21. The molecule has 2 aromatic carbocycles. The Morgan fingerprint density at radius 2 is 1.62 bits per heavy atom. The first-order chi connectivity index (χ1) is 18.9. The number of pyridine rings is 1. The molecule has 0 radical (unpaired) electrons. The van der Waals surface area contributed by atoms with Gasteiger partial charge in [0.2, 0.25) is 0 Å². The molecule has 8 nitrogen and oxygen atoms in total. The van der Waals surface area contributed by atoms with Gasteiger partial charge in [-0.1, -0.05) is 60.7 Å². The number of aromatic nitrogens is 1. The van der Waals surface area contributed by atoms with Crippen molar-refractivity contribution in [2.45, 2.75) is 13.0 Å². The summed E-state index contributed by atoms with van der Waals surface area (Å²) in [6.07, 6.45) is 2.37. The first-order valence-corrected chi connectivity index (χ1v) is 13.7. The number of likely N-dealkylation sites (N-methyl/N-ethyl adjacent to an activating group) is 1. The van der Waals surface area contributed by atoms with Crippen LogP contribution in [0.5, 0.6) is 0 Å². The average Bonchev–Trinajstić information content (AvgIpc) is 3.35. The topological polar surface area (TPSA) is 104 Å². The number of urea groups is 1. The summed E-state index contributed by atoms with van der Waals surface area (Å²) >= 11 is 1.42. The summed E-state index contributed by atoms with van der Waals surface area (Å²) < 4.78 is 0. The molecule has 0 saturated carbocycles. The largest absolute Gasteiger partial charge is 0.396 e. The van der Waals surface area contributed by atoms with Gasteiger partial charge in [-0.3, -0.25) is 9.78 Å². The van der Waals surface area contributed by atoms with Crippen LogP contribution in [0.2, 0.25) is 0 Å². The Morgan fingerprint density at radius 3 is 2.26 bits per heavy atom. The number of thiophene rings is 1. The standard InChI is InChI=1S/C30H34N6O2S/c1-35(2)16-17-36(19-23-10-13-27(33-18-23)29(37)34-28-21-39-20-26(28)31)30(38)32-15-14-22-8-11-25(12-9-22)24-6-4-3-5-7-24/h3-13,18,20-21H,14-17,19,31H2,1-2H3,(H,32,38)(H,34,37). The summed E-state index contributed by atoms with van der Waals surface area (Å²) in [6, 6.07) is 22.1. The molecule has 202 valence electrons. The molecule has 0 aliphatic rings. The Bertz CT molecular complexity index is 1350. The van der Waals surface area contributed by atoms with E-state index >= 15 is 0 Å². The van der Waals surface area contributed by atoms with Crippen molar-refractivity contribution in [1.82, 2.24) is 20.1 Å². The first kappa shape index (κ1) is 27.8. The highest BCUT2D eigenvalue weighted by Gasteiger charge is 2.16. The predicted molar refractivity (Wildman–Crippen MR) is 159 cm³/mol. The van der Waals surface area contributed by atoms with Gasteiger partial charge < -0.3 is 26.2 Å². The van der Waals surface area contributed by atoms with E-state index in [-0.39, 0.29) is 17.6 Å². The number of carbonyl (C=O) groups is 2. The van der Waals surface area contributed by atoms with E-state index in [1.165, 1.54) is 22.5 Å². The van der Waals surface area contributed by atoms with E-state index in [0.29, 0.717) is 31.0 Å². The summed E-state index contributed by atoms with van der Waals surface area (Å²) in [4.78, 5) is 33.7. The van der Waals surface area contributed by atoms with Gasteiger partial charge in [0.15, 0.2) is 0 Å². The fraction of sp³-hybridized carbons (Fsp3) is 0.233. The van der Waals surface area contributed by atoms with E-state index < -0.39 is 0 Å². The van der Waals surface area contributed by atoms with Gasteiger partial charge in [-0.05, 0) is 48.8 Å². The number of nitrogens with one attached hydrogen (secondary N) is 2. The minimum atomic E-state index is -0.328. The third kappa shape index (κ3) is 8.13. The second kappa shape index (κ2) is 13.5. The van der Waals surface area contributed by atoms with Crippen LogP contribution in [0.15, 0.2) is 83.7 Å². The number of amides is 3. The fourth-order valence-corrected chi connectivity index (χ4v) is 4.63. The highest BCUT2D eigenvalue weighted by atomic mass is 32.1. The van der Waals surface area contributed by atoms with Gasteiger partial charge in [-0.15, -0.1) is 11.3 Å². The van der Waals surface area contributed by atoms with Crippen molar-refractivity contribution in [2.75, 3.05) is 44.8 Å². The molecule has 4 aromatic rings. The molecule has 0 aliphatic carbocycles. The zero-order valence-corrected chi connectivity index (χ0v) is 23.1. The molecule has 0 bridgehead atoms. The smallest absolute Gasteiger partial charge is 0.317 e. The zero-order chi connectivity index (χ0) is 27.6. The van der Waals surface area contributed by atoms with Crippen LogP contribution < -0.4 is 16.4 Å². The molecule has 39 heavy (non-hydrogen) atoms. The van der Waals surface area contributed by atoms with Crippen molar-refractivity contribution in [3.63, 3.8) is 0 Å². The van der Waals surface area contributed by atoms with Crippen LogP contribution in [0.25, 0.3) is 11.1 Å². The minimum Gasteiger partial charge on any atom is -0.396 e. The third-order valence-corrected chi connectivity index (χ3v) is 6.99. The maximum absolute atomic E-state index is 13.1. The first-order valence-electron chi connectivity index (χ1n) is 12.8. The van der Waals surface area contributed by atoms with Crippen LogP contribution in [-0.4, -0.2) is 60.5 Å². The van der Waals surface area contributed by atoms with Crippen LogP contribution in [-0.2, 0) is 13.0 Å². The predicted octanol–water partition coefficient (Wildman–Crippen LogP) is 4.96. The molecule has 0 spiro atoms. The molecule has 2 aromatic heterocycles. The van der Waals surface area contributed by atoms with Gasteiger partial charge >= 0.3 is 6.03 Å². The number of benzene rings is 2. The summed E-state index contributed by atoms with van der Waals surface area (Å²) in [7, 11) is 3.95. The van der Waals surface area contributed by atoms with E-state index in [1.807, 2.05) is 43.3 Å². The molecule has 0 aliphatic heterocycles. The lowest BCUT2D eigenvalue weighted by molar-refractivity contribution is 0.102. The molecule has 0 unspecified atom stereocenters. The number of anilines is 2. The van der Waals surface area contributed by atoms with Gasteiger partial charge in [0.25, 0.3) is 5.91 Å². The van der Waals surface area contributed by atoms with Crippen molar-refractivity contribution in [2.24, 2.45) is 0 Å². The highest BCUT2D eigenvalue weighted by Crippen LogP contribution is 2.23. The minimum absolute atomic E-state index is 0.132. The van der Waals surface area contributed by atoms with Crippen LogP contribution in [0.3, 0.4) is 0 Å². The van der Waals surface area contributed by atoms with Crippen molar-refractivity contribution < 1.29 is 9.59 Å². The summed E-state index contributed by atoms with van der Waals surface area (Å²) in [5.41, 5.74) is 11.6. The maximum Gasteiger partial charge on any atom is 0.317 e. The van der Waals surface area contributed by atoms with Crippen molar-refractivity contribution in [1.29, 1.82) is 0 Å². The van der Waals surface area contributed by atoms with E-state index in [0.717, 1.165) is 24.1 Å².